The van der Waals surface area contributed by atoms with Gasteiger partial charge in [0.1, 0.15) is 0 Å². The van der Waals surface area contributed by atoms with Crippen molar-refractivity contribution in [3.8, 4) is 0 Å². The van der Waals surface area contributed by atoms with Crippen molar-refractivity contribution in [2.75, 3.05) is 13.2 Å². The molecule has 0 aromatic heterocycles. The second-order valence-electron chi connectivity index (χ2n) is 4.14. The van der Waals surface area contributed by atoms with Crippen LogP contribution in [0.15, 0.2) is 24.3 Å². The fraction of sp³-hybridized carbons (Fsp3) is 0.500. The smallest absolute Gasteiger partial charge is 0.273 e. The molecule has 0 aliphatic carbocycles. The van der Waals surface area contributed by atoms with Crippen LogP contribution in [0.1, 0.15) is 18.9 Å². The Morgan fingerprint density at radius 1 is 1.47 bits per heavy atom. The maximum atomic E-state index is 10.8. The van der Waals surface area contributed by atoms with Crippen LogP contribution >= 0.6 is 0 Å². The van der Waals surface area contributed by atoms with Gasteiger partial charge >= 0.3 is 0 Å². The lowest BCUT2D eigenvalue weighted by Gasteiger charge is -2.09. The van der Waals surface area contributed by atoms with Gasteiger partial charge in [-0.05, 0) is 18.9 Å². The predicted octanol–water partition coefficient (Wildman–Crippen LogP) is 1.70. The number of benzene rings is 1. The lowest BCUT2D eigenvalue weighted by molar-refractivity contribution is -0.385. The molecule has 94 valence electrons. The Morgan fingerprint density at radius 2 is 2.18 bits per heavy atom. The van der Waals surface area contributed by atoms with Crippen LogP contribution < -0.4 is 5.32 Å². The standard InChI is InChI=1S/C12H18N2O3/c1-10(9-15)6-7-13-8-11-4-2-3-5-12(11)14(16)17/h2-5,10,13,15H,6-9H2,1H3. The number of para-hydroxylation sites is 1. The molecule has 5 nitrogen and oxygen atoms in total. The summed E-state index contributed by atoms with van der Waals surface area (Å²) in [5, 5.41) is 22.8. The molecule has 0 radical (unpaired) electrons. The Bertz CT molecular complexity index is 369. The van der Waals surface area contributed by atoms with Crippen LogP contribution in [0.4, 0.5) is 5.69 Å². The molecule has 0 aliphatic heterocycles. The van der Waals surface area contributed by atoms with E-state index in [1.165, 1.54) is 6.07 Å². The number of nitrogens with zero attached hydrogens (tertiary/aromatic N) is 1. The van der Waals surface area contributed by atoms with Gasteiger partial charge in [0.25, 0.3) is 5.69 Å². The molecular formula is C12H18N2O3. The van der Waals surface area contributed by atoms with Crippen molar-refractivity contribution < 1.29 is 10.0 Å². The second kappa shape index (κ2) is 6.98. The zero-order valence-electron chi connectivity index (χ0n) is 9.93. The van der Waals surface area contributed by atoms with E-state index in [1.54, 1.807) is 18.2 Å². The molecule has 1 aromatic rings. The van der Waals surface area contributed by atoms with E-state index in [0.29, 0.717) is 12.1 Å². The number of nitro benzene ring substituents is 1. The summed E-state index contributed by atoms with van der Waals surface area (Å²) in [5.74, 6) is 0.258. The summed E-state index contributed by atoms with van der Waals surface area (Å²) in [6.07, 6.45) is 0.858. The molecule has 0 saturated heterocycles. The van der Waals surface area contributed by atoms with E-state index in [-0.39, 0.29) is 23.1 Å². The van der Waals surface area contributed by atoms with E-state index in [0.717, 1.165) is 13.0 Å². The highest BCUT2D eigenvalue weighted by molar-refractivity contribution is 5.39. The highest BCUT2D eigenvalue weighted by atomic mass is 16.6. The summed E-state index contributed by atoms with van der Waals surface area (Å²) < 4.78 is 0. The van der Waals surface area contributed by atoms with Crippen molar-refractivity contribution >= 4 is 5.69 Å². The van der Waals surface area contributed by atoms with Crippen LogP contribution in [-0.4, -0.2) is 23.2 Å². The Labute approximate surface area is 101 Å². The normalized spacial score (nSPS) is 12.4. The molecule has 1 atom stereocenters. The van der Waals surface area contributed by atoms with E-state index >= 15 is 0 Å². The zero-order valence-corrected chi connectivity index (χ0v) is 9.93. The van der Waals surface area contributed by atoms with Crippen LogP contribution in [0, 0.1) is 16.0 Å². The third-order valence-electron chi connectivity index (χ3n) is 2.63. The third-order valence-corrected chi connectivity index (χ3v) is 2.63. The maximum absolute atomic E-state index is 10.8. The average molecular weight is 238 g/mol. The van der Waals surface area contributed by atoms with Crippen molar-refractivity contribution in [1.29, 1.82) is 0 Å². The first-order valence-corrected chi connectivity index (χ1v) is 5.69. The minimum Gasteiger partial charge on any atom is -0.396 e. The van der Waals surface area contributed by atoms with Crippen molar-refractivity contribution in [1.82, 2.24) is 5.32 Å². The monoisotopic (exact) mass is 238 g/mol. The lowest BCUT2D eigenvalue weighted by Crippen LogP contribution is -2.18. The van der Waals surface area contributed by atoms with E-state index in [2.05, 4.69) is 5.32 Å². The molecule has 0 amide bonds. The second-order valence-corrected chi connectivity index (χ2v) is 4.14. The number of rotatable bonds is 7. The molecular weight excluding hydrogens is 220 g/mol. The van der Waals surface area contributed by atoms with Crippen LogP contribution in [0.25, 0.3) is 0 Å². The number of aliphatic hydroxyl groups is 1. The fourth-order valence-corrected chi connectivity index (χ4v) is 1.50. The van der Waals surface area contributed by atoms with Gasteiger partial charge in [0, 0.05) is 24.8 Å². The molecule has 0 spiro atoms. The molecule has 1 rings (SSSR count). The quantitative estimate of drug-likeness (QED) is 0.430. The topological polar surface area (TPSA) is 75.4 Å². The molecule has 5 heteroatoms. The number of nitro groups is 1. The van der Waals surface area contributed by atoms with E-state index in [4.69, 9.17) is 5.11 Å². The van der Waals surface area contributed by atoms with E-state index < -0.39 is 0 Å². The SMILES string of the molecule is CC(CO)CCNCc1ccccc1[N+](=O)[O-]. The lowest BCUT2D eigenvalue weighted by atomic mass is 10.1. The highest BCUT2D eigenvalue weighted by Gasteiger charge is 2.11. The zero-order chi connectivity index (χ0) is 12.7. The fourth-order valence-electron chi connectivity index (χ4n) is 1.50. The van der Waals surface area contributed by atoms with Gasteiger partial charge in [0.15, 0.2) is 0 Å². The van der Waals surface area contributed by atoms with Gasteiger partial charge in [0.05, 0.1) is 4.92 Å². The third kappa shape index (κ3) is 4.50. The van der Waals surface area contributed by atoms with Gasteiger partial charge in [-0.15, -0.1) is 0 Å². The summed E-state index contributed by atoms with van der Waals surface area (Å²) in [5.41, 5.74) is 0.837. The van der Waals surface area contributed by atoms with Gasteiger partial charge in [-0.1, -0.05) is 25.1 Å². The highest BCUT2D eigenvalue weighted by Crippen LogP contribution is 2.17. The minimum atomic E-state index is -0.368. The Balaban J connectivity index is 2.44. The Hall–Kier alpha value is -1.46. The summed E-state index contributed by atoms with van der Waals surface area (Å²) in [6.45, 7) is 3.36. The summed E-state index contributed by atoms with van der Waals surface area (Å²) >= 11 is 0. The van der Waals surface area contributed by atoms with Crippen molar-refractivity contribution in [2.24, 2.45) is 5.92 Å². The minimum absolute atomic E-state index is 0.148. The Morgan fingerprint density at radius 3 is 2.82 bits per heavy atom. The van der Waals surface area contributed by atoms with Crippen LogP contribution in [0.5, 0.6) is 0 Å². The molecule has 0 fully saturated rings. The van der Waals surface area contributed by atoms with Gasteiger partial charge in [-0.2, -0.15) is 0 Å². The molecule has 0 saturated carbocycles. The molecule has 0 heterocycles. The molecule has 1 aromatic carbocycles. The first-order valence-electron chi connectivity index (χ1n) is 5.69. The van der Waals surface area contributed by atoms with Crippen molar-refractivity contribution in [3.63, 3.8) is 0 Å². The van der Waals surface area contributed by atoms with Gasteiger partial charge in [0.2, 0.25) is 0 Å². The summed E-state index contributed by atoms with van der Waals surface area (Å²) in [4.78, 5) is 10.4. The van der Waals surface area contributed by atoms with Gasteiger partial charge in [-0.3, -0.25) is 10.1 Å². The van der Waals surface area contributed by atoms with Crippen LogP contribution in [0.2, 0.25) is 0 Å². The number of aliphatic hydroxyl groups excluding tert-OH is 1. The first-order chi connectivity index (χ1) is 8.15. The molecule has 1 unspecified atom stereocenters. The maximum Gasteiger partial charge on any atom is 0.273 e. The largest absolute Gasteiger partial charge is 0.396 e. The van der Waals surface area contributed by atoms with Gasteiger partial charge in [-0.25, -0.2) is 0 Å². The predicted molar refractivity (Wildman–Crippen MR) is 65.7 cm³/mol. The number of nitrogens with one attached hydrogen (secondary N) is 1. The first kappa shape index (κ1) is 13.6. The number of hydrogen-bond acceptors (Lipinski definition) is 4. The molecule has 0 aliphatic rings. The van der Waals surface area contributed by atoms with Crippen molar-refractivity contribution in [2.45, 2.75) is 19.9 Å². The molecule has 2 N–H and O–H groups in total. The van der Waals surface area contributed by atoms with Crippen molar-refractivity contribution in [3.05, 3.63) is 39.9 Å². The Kier molecular flexibility index (Phi) is 5.59. The summed E-state index contributed by atoms with van der Waals surface area (Å²) in [6, 6.07) is 6.71. The number of hydrogen-bond donors (Lipinski definition) is 2. The van der Waals surface area contributed by atoms with E-state index in [1.807, 2.05) is 6.92 Å². The average Bonchev–Trinajstić information content (AvgIpc) is 2.34. The summed E-state index contributed by atoms with van der Waals surface area (Å²) in [7, 11) is 0. The molecule has 17 heavy (non-hydrogen) atoms. The molecule has 0 bridgehead atoms. The van der Waals surface area contributed by atoms with E-state index in [9.17, 15) is 10.1 Å². The van der Waals surface area contributed by atoms with Crippen LogP contribution in [0.3, 0.4) is 0 Å². The van der Waals surface area contributed by atoms with Gasteiger partial charge < -0.3 is 10.4 Å². The van der Waals surface area contributed by atoms with Crippen LogP contribution in [-0.2, 0) is 6.54 Å².